The average Bonchev–Trinajstić information content (AvgIpc) is 2.54. The van der Waals surface area contributed by atoms with Gasteiger partial charge in [0.25, 0.3) is 5.69 Å². The van der Waals surface area contributed by atoms with Gasteiger partial charge in [-0.2, -0.15) is 0 Å². The number of nitrogens with one attached hydrogen (secondary N) is 1. The Balaban J connectivity index is 1.92. The molecule has 0 saturated carbocycles. The van der Waals surface area contributed by atoms with Crippen molar-refractivity contribution in [3.63, 3.8) is 0 Å². The van der Waals surface area contributed by atoms with E-state index in [1.165, 1.54) is 12.1 Å². The third-order valence-electron chi connectivity index (χ3n) is 3.87. The van der Waals surface area contributed by atoms with Gasteiger partial charge < -0.3 is 5.32 Å². The highest BCUT2D eigenvalue weighted by Gasteiger charge is 2.21. The van der Waals surface area contributed by atoms with Gasteiger partial charge in [-0.1, -0.05) is 54.0 Å². The molecule has 0 heterocycles. The van der Waals surface area contributed by atoms with Crippen molar-refractivity contribution < 1.29 is 9.72 Å². The number of carbonyl (C=O) groups excluding carboxylic acids is 1. The van der Waals surface area contributed by atoms with Gasteiger partial charge in [-0.05, 0) is 23.3 Å². The summed E-state index contributed by atoms with van der Waals surface area (Å²) in [5, 5.41) is 13.6. The second-order valence-electron chi connectivity index (χ2n) is 6.27. The van der Waals surface area contributed by atoms with E-state index in [0.717, 1.165) is 15.6 Å². The van der Waals surface area contributed by atoms with Crippen molar-refractivity contribution in [2.75, 3.05) is 6.54 Å². The van der Waals surface area contributed by atoms with Crippen LogP contribution in [0.3, 0.4) is 0 Å². The lowest BCUT2D eigenvalue weighted by Gasteiger charge is -2.25. The Bertz CT molecular complexity index is 725. The number of hydrogen-bond donors (Lipinski definition) is 1. The fourth-order valence-electron chi connectivity index (χ4n) is 2.31. The Kier molecular flexibility index (Phi) is 5.72. The maximum Gasteiger partial charge on any atom is 0.269 e. The van der Waals surface area contributed by atoms with E-state index in [1.807, 2.05) is 24.3 Å². The summed E-state index contributed by atoms with van der Waals surface area (Å²) in [4.78, 5) is 22.3. The first-order valence-corrected chi connectivity index (χ1v) is 8.33. The van der Waals surface area contributed by atoms with Gasteiger partial charge in [0.2, 0.25) is 5.91 Å². The van der Waals surface area contributed by atoms with Gasteiger partial charge in [-0.15, -0.1) is 0 Å². The zero-order valence-electron chi connectivity index (χ0n) is 13.6. The molecule has 0 unspecified atom stereocenters. The molecule has 2 rings (SSSR count). The van der Waals surface area contributed by atoms with Gasteiger partial charge >= 0.3 is 0 Å². The molecule has 0 fully saturated rings. The molecule has 0 bridgehead atoms. The summed E-state index contributed by atoms with van der Waals surface area (Å²) >= 11 is 3.41. The van der Waals surface area contributed by atoms with Gasteiger partial charge in [0.05, 0.1) is 11.3 Å². The first-order chi connectivity index (χ1) is 11.3. The lowest BCUT2D eigenvalue weighted by atomic mass is 9.84. The van der Waals surface area contributed by atoms with E-state index in [-0.39, 0.29) is 23.4 Å². The van der Waals surface area contributed by atoms with Crippen LogP contribution in [0, 0.1) is 10.1 Å². The predicted molar refractivity (Wildman–Crippen MR) is 97.0 cm³/mol. The maximum atomic E-state index is 12.1. The van der Waals surface area contributed by atoms with Gasteiger partial charge in [0.15, 0.2) is 0 Å². The summed E-state index contributed by atoms with van der Waals surface area (Å²) in [5.41, 5.74) is 1.72. The molecule has 0 atom stereocenters. The first kappa shape index (κ1) is 18.1. The van der Waals surface area contributed by atoms with Crippen LogP contribution in [-0.2, 0) is 16.6 Å². The van der Waals surface area contributed by atoms with Crippen LogP contribution in [0.15, 0.2) is 53.0 Å². The summed E-state index contributed by atoms with van der Waals surface area (Å²) in [7, 11) is 0. The molecule has 6 heteroatoms. The minimum Gasteiger partial charge on any atom is -0.355 e. The fraction of sp³-hybridized carbons (Fsp3) is 0.278. The number of nitro benzene ring substituents is 1. The quantitative estimate of drug-likeness (QED) is 0.598. The Hall–Kier alpha value is -2.21. The number of halogens is 1. The molecular formula is C18H19BrN2O3. The number of nitro groups is 1. The molecule has 1 amide bonds. The molecule has 0 saturated heterocycles. The largest absolute Gasteiger partial charge is 0.355 e. The monoisotopic (exact) mass is 390 g/mol. The summed E-state index contributed by atoms with van der Waals surface area (Å²) < 4.78 is 1.02. The molecule has 0 aliphatic heterocycles. The Morgan fingerprint density at radius 3 is 2.25 bits per heavy atom. The van der Waals surface area contributed by atoms with E-state index in [2.05, 4.69) is 35.1 Å². The van der Waals surface area contributed by atoms with Crippen molar-refractivity contribution in [2.24, 2.45) is 0 Å². The molecule has 0 radical (unpaired) electrons. The lowest BCUT2D eigenvalue weighted by molar-refractivity contribution is -0.384. The van der Waals surface area contributed by atoms with E-state index in [0.29, 0.717) is 6.54 Å². The van der Waals surface area contributed by atoms with Crippen LogP contribution < -0.4 is 5.32 Å². The number of hydrogen-bond acceptors (Lipinski definition) is 3. The highest BCUT2D eigenvalue weighted by atomic mass is 79.9. The van der Waals surface area contributed by atoms with E-state index in [1.54, 1.807) is 12.1 Å². The minimum absolute atomic E-state index is 0.0236. The summed E-state index contributed by atoms with van der Waals surface area (Å²) in [6, 6.07) is 14.1. The Labute approximate surface area is 149 Å². The van der Waals surface area contributed by atoms with Crippen LogP contribution >= 0.6 is 15.9 Å². The van der Waals surface area contributed by atoms with E-state index < -0.39 is 4.92 Å². The third-order valence-corrected chi connectivity index (χ3v) is 4.39. The van der Waals surface area contributed by atoms with Crippen LogP contribution in [-0.4, -0.2) is 17.4 Å². The number of non-ortho nitro benzene ring substituents is 1. The summed E-state index contributed by atoms with van der Waals surface area (Å²) in [6.45, 7) is 4.66. The third kappa shape index (κ3) is 4.89. The molecule has 0 aliphatic rings. The number of benzene rings is 2. The molecule has 126 valence electrons. The van der Waals surface area contributed by atoms with E-state index >= 15 is 0 Å². The highest BCUT2D eigenvalue weighted by molar-refractivity contribution is 9.10. The van der Waals surface area contributed by atoms with Crippen molar-refractivity contribution in [3.05, 3.63) is 74.2 Å². The van der Waals surface area contributed by atoms with Crippen LogP contribution in [0.5, 0.6) is 0 Å². The number of nitrogens with zero attached hydrogens (tertiary/aromatic N) is 1. The zero-order valence-corrected chi connectivity index (χ0v) is 15.2. The van der Waals surface area contributed by atoms with Gasteiger partial charge in [0.1, 0.15) is 0 Å². The van der Waals surface area contributed by atoms with Gasteiger partial charge in [-0.25, -0.2) is 0 Å². The smallest absolute Gasteiger partial charge is 0.269 e. The normalized spacial score (nSPS) is 11.1. The average molecular weight is 391 g/mol. The highest BCUT2D eigenvalue weighted by Crippen LogP contribution is 2.24. The molecule has 0 aromatic heterocycles. The predicted octanol–water partition coefficient (Wildman–Crippen LogP) is 3.99. The van der Waals surface area contributed by atoms with E-state index in [9.17, 15) is 14.9 Å². The standard InChI is InChI=1S/C18H19BrN2O3/c1-18(2,14-5-7-15(19)8-6-14)12-20-17(22)11-13-3-9-16(10-4-13)21(23)24/h3-10H,11-12H2,1-2H3,(H,20,22). The Morgan fingerprint density at radius 2 is 1.71 bits per heavy atom. The number of rotatable bonds is 6. The van der Waals surface area contributed by atoms with Crippen LogP contribution in [0.2, 0.25) is 0 Å². The fourth-order valence-corrected chi connectivity index (χ4v) is 2.57. The van der Waals surface area contributed by atoms with E-state index in [4.69, 9.17) is 0 Å². The molecular weight excluding hydrogens is 372 g/mol. The molecule has 2 aromatic rings. The summed E-state index contributed by atoms with van der Waals surface area (Å²) in [6.07, 6.45) is 0.203. The SMILES string of the molecule is CC(C)(CNC(=O)Cc1ccc([N+](=O)[O-])cc1)c1ccc(Br)cc1. The second kappa shape index (κ2) is 7.57. The lowest BCUT2D eigenvalue weighted by Crippen LogP contribution is -2.37. The van der Waals surface area contributed by atoms with Crippen LogP contribution in [0.4, 0.5) is 5.69 Å². The van der Waals surface area contributed by atoms with Gasteiger partial charge in [0, 0.05) is 28.6 Å². The molecule has 0 spiro atoms. The van der Waals surface area contributed by atoms with Crippen molar-refractivity contribution in [3.8, 4) is 0 Å². The number of carbonyl (C=O) groups is 1. The first-order valence-electron chi connectivity index (χ1n) is 7.54. The molecule has 0 aliphatic carbocycles. The summed E-state index contributed by atoms with van der Waals surface area (Å²) in [5.74, 6) is -0.103. The maximum absolute atomic E-state index is 12.1. The van der Waals surface area contributed by atoms with Crippen molar-refractivity contribution in [1.29, 1.82) is 0 Å². The second-order valence-corrected chi connectivity index (χ2v) is 7.18. The molecule has 2 aromatic carbocycles. The van der Waals surface area contributed by atoms with Crippen molar-refractivity contribution in [2.45, 2.75) is 25.7 Å². The van der Waals surface area contributed by atoms with Crippen molar-refractivity contribution >= 4 is 27.5 Å². The molecule has 24 heavy (non-hydrogen) atoms. The zero-order chi connectivity index (χ0) is 17.7. The number of amides is 1. The molecule has 1 N–H and O–H groups in total. The van der Waals surface area contributed by atoms with Crippen LogP contribution in [0.25, 0.3) is 0 Å². The van der Waals surface area contributed by atoms with Gasteiger partial charge in [-0.3, -0.25) is 14.9 Å². The minimum atomic E-state index is -0.454. The topological polar surface area (TPSA) is 72.2 Å². The molecule has 5 nitrogen and oxygen atoms in total. The van der Waals surface area contributed by atoms with Crippen LogP contribution in [0.1, 0.15) is 25.0 Å². The Morgan fingerprint density at radius 1 is 1.12 bits per heavy atom. The van der Waals surface area contributed by atoms with Crippen molar-refractivity contribution in [1.82, 2.24) is 5.32 Å².